The quantitative estimate of drug-likeness (QED) is 0.908. The van der Waals surface area contributed by atoms with E-state index in [1.165, 1.54) is 4.90 Å². The van der Waals surface area contributed by atoms with Gasteiger partial charge in [0.1, 0.15) is 0 Å². The molecule has 1 aliphatic rings. The Morgan fingerprint density at radius 1 is 1.13 bits per heavy atom. The molecule has 1 fully saturated rings. The molecule has 0 saturated carbocycles. The number of carbonyl (C=O) groups is 2. The highest BCUT2D eigenvalue weighted by atomic mass is 16.4. The number of anilines is 1. The minimum absolute atomic E-state index is 0.00915. The van der Waals surface area contributed by atoms with Crippen LogP contribution in [0.15, 0.2) is 48.5 Å². The van der Waals surface area contributed by atoms with Crippen LogP contribution in [-0.2, 0) is 16.2 Å². The molecule has 2 aromatic rings. The number of hydrogen-bond donors (Lipinski definition) is 2. The standard InChI is InChI=1S/C18H17NO4/c20-11-12-2-1-3-14(8-12)13-4-6-16(7-5-13)19-10-15(18(22)23)9-17(19)21/h1-8,15,20H,9-11H2,(H,22,23). The number of nitrogens with zero attached hydrogens (tertiary/aromatic N) is 1. The van der Waals surface area contributed by atoms with Gasteiger partial charge in [0.2, 0.25) is 5.91 Å². The van der Waals surface area contributed by atoms with Crippen LogP contribution in [0.3, 0.4) is 0 Å². The molecule has 0 radical (unpaired) electrons. The summed E-state index contributed by atoms with van der Waals surface area (Å²) >= 11 is 0. The zero-order chi connectivity index (χ0) is 16.4. The molecule has 0 spiro atoms. The second kappa shape index (κ2) is 6.22. The maximum atomic E-state index is 12.0. The highest BCUT2D eigenvalue weighted by Gasteiger charge is 2.34. The number of carbonyl (C=O) groups excluding carboxylic acids is 1. The summed E-state index contributed by atoms with van der Waals surface area (Å²) in [5.74, 6) is -1.73. The zero-order valence-corrected chi connectivity index (χ0v) is 12.5. The Morgan fingerprint density at radius 3 is 2.48 bits per heavy atom. The first-order valence-corrected chi connectivity index (χ1v) is 7.42. The first-order valence-electron chi connectivity index (χ1n) is 7.42. The van der Waals surface area contributed by atoms with Crippen molar-refractivity contribution in [3.05, 3.63) is 54.1 Å². The second-order valence-electron chi connectivity index (χ2n) is 5.65. The molecule has 1 atom stereocenters. The van der Waals surface area contributed by atoms with Crippen LogP contribution in [0.2, 0.25) is 0 Å². The fraction of sp³-hybridized carbons (Fsp3) is 0.222. The maximum Gasteiger partial charge on any atom is 0.308 e. The van der Waals surface area contributed by atoms with Gasteiger partial charge in [-0.1, -0.05) is 30.3 Å². The van der Waals surface area contributed by atoms with E-state index < -0.39 is 11.9 Å². The Kier molecular flexibility index (Phi) is 4.12. The molecule has 1 amide bonds. The lowest BCUT2D eigenvalue weighted by Crippen LogP contribution is -2.25. The molecule has 1 unspecified atom stereocenters. The van der Waals surface area contributed by atoms with Crippen molar-refractivity contribution in [3.8, 4) is 11.1 Å². The van der Waals surface area contributed by atoms with E-state index in [4.69, 9.17) is 5.11 Å². The Labute approximate surface area is 133 Å². The van der Waals surface area contributed by atoms with E-state index in [1.807, 2.05) is 48.5 Å². The number of aliphatic hydroxyl groups is 1. The van der Waals surface area contributed by atoms with E-state index in [2.05, 4.69) is 0 Å². The molecule has 0 aromatic heterocycles. The van der Waals surface area contributed by atoms with E-state index in [9.17, 15) is 14.7 Å². The minimum Gasteiger partial charge on any atom is -0.481 e. The van der Waals surface area contributed by atoms with Crippen molar-refractivity contribution in [2.45, 2.75) is 13.0 Å². The van der Waals surface area contributed by atoms with Crippen LogP contribution >= 0.6 is 0 Å². The average molecular weight is 311 g/mol. The Morgan fingerprint density at radius 2 is 1.87 bits per heavy atom. The summed E-state index contributed by atoms with van der Waals surface area (Å²) in [6.45, 7) is 0.207. The van der Waals surface area contributed by atoms with Gasteiger partial charge in [-0.05, 0) is 34.9 Å². The number of hydrogen-bond acceptors (Lipinski definition) is 3. The third kappa shape index (κ3) is 3.10. The molecule has 1 heterocycles. The summed E-state index contributed by atoms with van der Waals surface area (Å²) in [5.41, 5.74) is 3.51. The van der Waals surface area contributed by atoms with Crippen molar-refractivity contribution in [2.75, 3.05) is 11.4 Å². The number of aliphatic hydroxyl groups excluding tert-OH is 1. The number of amides is 1. The Balaban J connectivity index is 1.82. The van der Waals surface area contributed by atoms with Gasteiger partial charge in [0, 0.05) is 18.7 Å². The highest BCUT2D eigenvalue weighted by Crippen LogP contribution is 2.28. The van der Waals surface area contributed by atoms with Crippen molar-refractivity contribution >= 4 is 17.6 Å². The molecule has 118 valence electrons. The summed E-state index contributed by atoms with van der Waals surface area (Å²) in [6, 6.07) is 15.0. The fourth-order valence-electron chi connectivity index (χ4n) is 2.81. The van der Waals surface area contributed by atoms with Crippen LogP contribution in [-0.4, -0.2) is 28.6 Å². The van der Waals surface area contributed by atoms with Gasteiger partial charge in [0.05, 0.1) is 12.5 Å². The zero-order valence-electron chi connectivity index (χ0n) is 12.5. The normalized spacial score (nSPS) is 17.5. The largest absolute Gasteiger partial charge is 0.481 e. The van der Waals surface area contributed by atoms with Crippen molar-refractivity contribution < 1.29 is 19.8 Å². The van der Waals surface area contributed by atoms with E-state index in [1.54, 1.807) is 0 Å². The van der Waals surface area contributed by atoms with Crippen molar-refractivity contribution in [3.63, 3.8) is 0 Å². The van der Waals surface area contributed by atoms with Crippen LogP contribution in [0.1, 0.15) is 12.0 Å². The lowest BCUT2D eigenvalue weighted by atomic mass is 10.0. The van der Waals surface area contributed by atoms with Crippen LogP contribution in [0.25, 0.3) is 11.1 Å². The molecular weight excluding hydrogens is 294 g/mol. The van der Waals surface area contributed by atoms with Gasteiger partial charge in [-0.25, -0.2) is 0 Å². The van der Waals surface area contributed by atoms with E-state index in [0.717, 1.165) is 16.7 Å². The first-order chi connectivity index (χ1) is 11.1. The molecule has 1 saturated heterocycles. The molecule has 5 heteroatoms. The molecule has 3 rings (SSSR count). The number of rotatable bonds is 4. The summed E-state index contributed by atoms with van der Waals surface area (Å²) in [6.07, 6.45) is 0.0512. The number of carboxylic acids is 1. The topological polar surface area (TPSA) is 77.8 Å². The van der Waals surface area contributed by atoms with Gasteiger partial charge >= 0.3 is 5.97 Å². The van der Waals surface area contributed by atoms with Gasteiger partial charge in [-0.15, -0.1) is 0 Å². The van der Waals surface area contributed by atoms with E-state index in [0.29, 0.717) is 5.69 Å². The molecule has 0 bridgehead atoms. The van der Waals surface area contributed by atoms with Crippen LogP contribution in [0.4, 0.5) is 5.69 Å². The van der Waals surface area contributed by atoms with Crippen LogP contribution in [0, 0.1) is 5.92 Å². The summed E-state index contributed by atoms with van der Waals surface area (Å²) in [4.78, 5) is 24.5. The molecule has 5 nitrogen and oxygen atoms in total. The van der Waals surface area contributed by atoms with E-state index >= 15 is 0 Å². The molecule has 2 aromatic carbocycles. The Bertz CT molecular complexity index is 739. The summed E-state index contributed by atoms with van der Waals surface area (Å²) < 4.78 is 0. The van der Waals surface area contributed by atoms with Gasteiger partial charge in [-0.2, -0.15) is 0 Å². The smallest absolute Gasteiger partial charge is 0.308 e. The minimum atomic E-state index is -0.932. The summed E-state index contributed by atoms with van der Waals surface area (Å²) in [7, 11) is 0. The van der Waals surface area contributed by atoms with Gasteiger partial charge in [-0.3, -0.25) is 9.59 Å². The molecule has 0 aliphatic carbocycles. The van der Waals surface area contributed by atoms with Crippen molar-refractivity contribution in [1.29, 1.82) is 0 Å². The lowest BCUT2D eigenvalue weighted by molar-refractivity contribution is -0.141. The third-order valence-corrected chi connectivity index (χ3v) is 4.10. The number of carboxylic acid groups (broad SMARTS) is 1. The maximum absolute atomic E-state index is 12.0. The van der Waals surface area contributed by atoms with E-state index in [-0.39, 0.29) is 25.5 Å². The summed E-state index contributed by atoms with van der Waals surface area (Å²) in [5, 5.41) is 18.2. The predicted octanol–water partition coefficient (Wildman–Crippen LogP) is 2.28. The van der Waals surface area contributed by atoms with Crippen LogP contribution < -0.4 is 4.90 Å². The fourth-order valence-corrected chi connectivity index (χ4v) is 2.81. The predicted molar refractivity (Wildman–Crippen MR) is 85.9 cm³/mol. The third-order valence-electron chi connectivity index (χ3n) is 4.10. The van der Waals surface area contributed by atoms with Crippen molar-refractivity contribution in [1.82, 2.24) is 0 Å². The molecular formula is C18H17NO4. The molecule has 2 N–H and O–H groups in total. The average Bonchev–Trinajstić information content (AvgIpc) is 2.97. The second-order valence-corrected chi connectivity index (χ2v) is 5.65. The SMILES string of the molecule is O=C(O)C1CC(=O)N(c2ccc(-c3cccc(CO)c3)cc2)C1. The first kappa shape index (κ1) is 15.2. The monoisotopic (exact) mass is 311 g/mol. The number of aliphatic carboxylic acids is 1. The van der Waals surface area contributed by atoms with Crippen molar-refractivity contribution in [2.24, 2.45) is 5.92 Å². The van der Waals surface area contributed by atoms with Gasteiger partial charge in [0.25, 0.3) is 0 Å². The lowest BCUT2D eigenvalue weighted by Gasteiger charge is -2.16. The van der Waals surface area contributed by atoms with Gasteiger partial charge < -0.3 is 15.1 Å². The van der Waals surface area contributed by atoms with Gasteiger partial charge in [0.15, 0.2) is 0 Å². The number of benzene rings is 2. The van der Waals surface area contributed by atoms with Crippen LogP contribution in [0.5, 0.6) is 0 Å². The Hall–Kier alpha value is -2.66. The highest BCUT2D eigenvalue weighted by molar-refractivity contribution is 5.99. The molecule has 23 heavy (non-hydrogen) atoms. The molecule has 1 aliphatic heterocycles.